The van der Waals surface area contributed by atoms with Crippen molar-refractivity contribution in [3.63, 3.8) is 0 Å². The molecule has 3 aromatic carbocycles. The fraction of sp³-hybridized carbons (Fsp3) is 0.0870. The summed E-state index contributed by atoms with van der Waals surface area (Å²) in [5.74, 6) is -0.936. The number of halogens is 4. The fourth-order valence-electron chi connectivity index (χ4n) is 3.21. The molecular weight excluding hydrogens is 475 g/mol. The Morgan fingerprint density at radius 1 is 1.03 bits per heavy atom. The van der Waals surface area contributed by atoms with E-state index in [-0.39, 0.29) is 22.2 Å². The second-order valence-electron chi connectivity index (χ2n) is 6.91. The molecule has 0 bridgehead atoms. The zero-order valence-electron chi connectivity index (χ0n) is 16.8. The second kappa shape index (κ2) is 9.29. The predicted octanol–water partition coefficient (Wildman–Crippen LogP) is 5.79. The molecular formula is C23H15ClF3N3O2S. The maximum atomic E-state index is 13.2. The minimum atomic E-state index is -4.61. The van der Waals surface area contributed by atoms with Gasteiger partial charge >= 0.3 is 6.18 Å². The first-order valence-electron chi connectivity index (χ1n) is 9.60. The first-order chi connectivity index (χ1) is 15.7. The smallest absolute Gasteiger partial charge is 0.325 e. The monoisotopic (exact) mass is 489 g/mol. The first-order valence-corrected chi connectivity index (χ1v) is 11.0. The molecule has 1 aromatic heterocycles. The molecule has 10 heteroatoms. The Morgan fingerprint density at radius 2 is 1.76 bits per heavy atom. The van der Waals surface area contributed by atoms with Crippen LogP contribution < -0.4 is 10.9 Å². The van der Waals surface area contributed by atoms with Gasteiger partial charge in [-0.15, -0.1) is 0 Å². The van der Waals surface area contributed by atoms with Crippen molar-refractivity contribution in [2.75, 3.05) is 11.1 Å². The molecule has 0 saturated carbocycles. The van der Waals surface area contributed by atoms with Gasteiger partial charge < -0.3 is 5.32 Å². The molecule has 168 valence electrons. The molecule has 4 rings (SSSR count). The number of nitrogens with one attached hydrogen (secondary N) is 1. The van der Waals surface area contributed by atoms with Crippen LogP contribution in [0.2, 0.25) is 5.02 Å². The highest BCUT2D eigenvalue weighted by Gasteiger charge is 2.33. The number of hydrogen-bond donors (Lipinski definition) is 1. The van der Waals surface area contributed by atoms with E-state index in [4.69, 9.17) is 11.6 Å². The Hall–Kier alpha value is -3.30. The highest BCUT2D eigenvalue weighted by Crippen LogP contribution is 2.34. The molecule has 0 aliphatic heterocycles. The maximum absolute atomic E-state index is 13.2. The van der Waals surface area contributed by atoms with E-state index in [1.807, 2.05) is 0 Å². The number of hydrogen-bond acceptors (Lipinski definition) is 4. The van der Waals surface area contributed by atoms with E-state index < -0.39 is 17.6 Å². The molecule has 33 heavy (non-hydrogen) atoms. The van der Waals surface area contributed by atoms with Crippen LogP contribution in [0, 0.1) is 0 Å². The van der Waals surface area contributed by atoms with Crippen LogP contribution in [0.4, 0.5) is 18.9 Å². The van der Waals surface area contributed by atoms with Crippen LogP contribution in [0.25, 0.3) is 16.6 Å². The van der Waals surface area contributed by atoms with Gasteiger partial charge in [-0.05, 0) is 42.5 Å². The normalized spacial score (nSPS) is 11.5. The minimum Gasteiger partial charge on any atom is -0.325 e. The highest BCUT2D eigenvalue weighted by molar-refractivity contribution is 7.99. The minimum absolute atomic E-state index is 0.209. The molecule has 5 nitrogen and oxygen atoms in total. The molecule has 0 aliphatic carbocycles. The molecule has 0 fully saturated rings. The molecule has 0 saturated heterocycles. The van der Waals surface area contributed by atoms with Crippen LogP contribution in [0.15, 0.2) is 82.7 Å². The van der Waals surface area contributed by atoms with Crippen molar-refractivity contribution < 1.29 is 18.0 Å². The standard InChI is InChI=1S/C23H15ClF3N3O2S/c24-14-6-5-7-15(12-14)30-21(32)16-8-1-3-10-18(16)29-22(30)33-13-20(31)28-19-11-4-2-9-17(19)23(25,26)27/h1-12H,13H2,(H,28,31). The van der Waals surface area contributed by atoms with E-state index in [2.05, 4.69) is 10.3 Å². The van der Waals surface area contributed by atoms with E-state index in [0.29, 0.717) is 21.6 Å². The third-order valence-corrected chi connectivity index (χ3v) is 5.82. The Kier molecular flexibility index (Phi) is 6.44. The SMILES string of the molecule is O=C(CSc1nc2ccccc2c(=O)n1-c1cccc(Cl)c1)Nc1ccccc1C(F)(F)F. The van der Waals surface area contributed by atoms with Crippen LogP contribution >= 0.6 is 23.4 Å². The number of para-hydroxylation sites is 2. The van der Waals surface area contributed by atoms with Crippen molar-refractivity contribution in [1.29, 1.82) is 0 Å². The molecule has 0 radical (unpaired) electrons. The Labute approximate surface area is 195 Å². The quantitative estimate of drug-likeness (QED) is 0.285. The molecule has 1 amide bonds. The summed E-state index contributed by atoms with van der Waals surface area (Å²) in [6.07, 6.45) is -4.61. The first kappa shape index (κ1) is 22.9. The average Bonchev–Trinajstić information content (AvgIpc) is 2.77. The van der Waals surface area contributed by atoms with Gasteiger partial charge in [0.2, 0.25) is 5.91 Å². The number of aromatic nitrogens is 2. The van der Waals surface area contributed by atoms with E-state index in [9.17, 15) is 22.8 Å². The number of rotatable bonds is 5. The van der Waals surface area contributed by atoms with Gasteiger partial charge in [-0.2, -0.15) is 13.2 Å². The van der Waals surface area contributed by atoms with Gasteiger partial charge in [-0.3, -0.25) is 14.2 Å². The lowest BCUT2D eigenvalue weighted by molar-refractivity contribution is -0.137. The summed E-state index contributed by atoms with van der Waals surface area (Å²) in [5, 5.41) is 3.29. The predicted molar refractivity (Wildman–Crippen MR) is 123 cm³/mol. The molecule has 1 heterocycles. The number of anilines is 1. The Balaban J connectivity index is 1.66. The van der Waals surface area contributed by atoms with Gasteiger partial charge in [0.15, 0.2) is 5.16 Å². The van der Waals surface area contributed by atoms with Crippen molar-refractivity contribution in [3.8, 4) is 5.69 Å². The van der Waals surface area contributed by atoms with Crippen LogP contribution in [-0.2, 0) is 11.0 Å². The lowest BCUT2D eigenvalue weighted by atomic mass is 10.1. The highest BCUT2D eigenvalue weighted by atomic mass is 35.5. The molecule has 0 aliphatic rings. The second-order valence-corrected chi connectivity index (χ2v) is 8.29. The third-order valence-electron chi connectivity index (χ3n) is 4.65. The summed E-state index contributed by atoms with van der Waals surface area (Å²) < 4.78 is 40.9. The van der Waals surface area contributed by atoms with E-state index in [0.717, 1.165) is 17.8 Å². The van der Waals surface area contributed by atoms with Crippen molar-refractivity contribution in [2.45, 2.75) is 11.3 Å². The number of alkyl halides is 3. The van der Waals surface area contributed by atoms with Crippen molar-refractivity contribution in [2.24, 2.45) is 0 Å². The van der Waals surface area contributed by atoms with Crippen LogP contribution in [-0.4, -0.2) is 21.2 Å². The summed E-state index contributed by atoms with van der Waals surface area (Å²) in [4.78, 5) is 30.2. The van der Waals surface area contributed by atoms with Crippen LogP contribution in [0.5, 0.6) is 0 Å². The van der Waals surface area contributed by atoms with Gasteiger partial charge in [0.25, 0.3) is 5.56 Å². The fourth-order valence-corrected chi connectivity index (χ4v) is 4.20. The van der Waals surface area contributed by atoms with Crippen molar-refractivity contribution >= 4 is 45.9 Å². The number of fused-ring (bicyclic) bond motifs is 1. The van der Waals surface area contributed by atoms with Crippen molar-refractivity contribution in [3.05, 3.63) is 93.7 Å². The van der Waals surface area contributed by atoms with Crippen molar-refractivity contribution in [1.82, 2.24) is 9.55 Å². The summed E-state index contributed by atoms with van der Waals surface area (Å²) in [5.41, 5.74) is -0.743. The zero-order valence-corrected chi connectivity index (χ0v) is 18.3. The number of carbonyl (C=O) groups is 1. The summed E-state index contributed by atoms with van der Waals surface area (Å²) in [6, 6.07) is 18.1. The summed E-state index contributed by atoms with van der Waals surface area (Å²) in [7, 11) is 0. The number of benzene rings is 3. The average molecular weight is 490 g/mol. The van der Waals surface area contributed by atoms with Gasteiger partial charge in [-0.1, -0.05) is 53.7 Å². The molecule has 4 aromatic rings. The lowest BCUT2D eigenvalue weighted by Crippen LogP contribution is -2.23. The topological polar surface area (TPSA) is 64.0 Å². The number of nitrogens with zero attached hydrogens (tertiary/aromatic N) is 2. The van der Waals surface area contributed by atoms with E-state index in [1.165, 1.54) is 22.8 Å². The van der Waals surface area contributed by atoms with Gasteiger partial charge in [-0.25, -0.2) is 4.98 Å². The zero-order chi connectivity index (χ0) is 23.6. The largest absolute Gasteiger partial charge is 0.418 e. The lowest BCUT2D eigenvalue weighted by Gasteiger charge is -2.15. The summed E-state index contributed by atoms with van der Waals surface area (Å²) >= 11 is 7.02. The van der Waals surface area contributed by atoms with E-state index in [1.54, 1.807) is 48.5 Å². The van der Waals surface area contributed by atoms with Crippen LogP contribution in [0.3, 0.4) is 0 Å². The number of thioether (sulfide) groups is 1. The third kappa shape index (κ3) is 5.04. The Morgan fingerprint density at radius 3 is 2.52 bits per heavy atom. The van der Waals surface area contributed by atoms with E-state index >= 15 is 0 Å². The number of carbonyl (C=O) groups excluding carboxylic acids is 1. The molecule has 0 unspecified atom stereocenters. The maximum Gasteiger partial charge on any atom is 0.418 e. The van der Waals surface area contributed by atoms with Gasteiger partial charge in [0, 0.05) is 5.02 Å². The number of amides is 1. The van der Waals surface area contributed by atoms with Gasteiger partial charge in [0.05, 0.1) is 33.6 Å². The molecule has 0 spiro atoms. The Bertz CT molecular complexity index is 1410. The molecule has 0 atom stereocenters. The van der Waals surface area contributed by atoms with Crippen LogP contribution in [0.1, 0.15) is 5.56 Å². The summed E-state index contributed by atoms with van der Waals surface area (Å²) in [6.45, 7) is 0. The van der Waals surface area contributed by atoms with Gasteiger partial charge in [0.1, 0.15) is 0 Å². The molecule has 1 N–H and O–H groups in total.